The summed E-state index contributed by atoms with van der Waals surface area (Å²) in [5.41, 5.74) is 7.00. The van der Waals surface area contributed by atoms with Gasteiger partial charge in [0.25, 0.3) is 0 Å². The summed E-state index contributed by atoms with van der Waals surface area (Å²) in [7, 11) is 0. The molecule has 0 amide bonds. The molecule has 12 heavy (non-hydrogen) atoms. The second-order valence-corrected chi connectivity index (χ2v) is 2.61. The molecule has 1 aromatic carbocycles. The lowest BCUT2D eigenvalue weighted by Crippen LogP contribution is -1.95. The molecule has 1 heterocycles. The molecule has 3 heteroatoms. The van der Waals surface area contributed by atoms with Crippen molar-refractivity contribution in [2.75, 3.05) is 0 Å². The fraction of sp³-hybridized carbons (Fsp3) is 0.111. The molecule has 3 nitrogen and oxygen atoms in total. The standard InChI is InChI=1S/C9H9NO2/c10-5-6-1-2-8(11)9-7(6)3-4-12-9/h1-4,11H,5,10H2. The number of hydrogen-bond donors (Lipinski definition) is 2. The number of phenolic OH excluding ortho intramolecular Hbond substituents is 1. The van der Waals surface area contributed by atoms with Gasteiger partial charge in [-0.2, -0.15) is 0 Å². The molecule has 2 aromatic rings. The van der Waals surface area contributed by atoms with Crippen molar-refractivity contribution in [3.63, 3.8) is 0 Å². The molecule has 0 saturated heterocycles. The van der Waals surface area contributed by atoms with Crippen molar-refractivity contribution in [1.29, 1.82) is 0 Å². The van der Waals surface area contributed by atoms with E-state index in [0.29, 0.717) is 12.1 Å². The summed E-state index contributed by atoms with van der Waals surface area (Å²) in [5, 5.41) is 10.2. The van der Waals surface area contributed by atoms with Crippen molar-refractivity contribution >= 4 is 11.0 Å². The second-order valence-electron chi connectivity index (χ2n) is 2.61. The van der Waals surface area contributed by atoms with Crippen LogP contribution in [0.4, 0.5) is 0 Å². The largest absolute Gasteiger partial charge is 0.504 e. The van der Waals surface area contributed by atoms with E-state index in [9.17, 15) is 5.11 Å². The summed E-state index contributed by atoms with van der Waals surface area (Å²) in [6.45, 7) is 0.455. The third-order valence-corrected chi connectivity index (χ3v) is 1.91. The molecule has 0 aliphatic heterocycles. The van der Waals surface area contributed by atoms with Gasteiger partial charge in [-0.15, -0.1) is 0 Å². The molecule has 0 spiro atoms. The zero-order valence-corrected chi connectivity index (χ0v) is 6.45. The Kier molecular flexibility index (Phi) is 1.52. The Hall–Kier alpha value is -1.48. The van der Waals surface area contributed by atoms with Crippen molar-refractivity contribution in [2.24, 2.45) is 5.73 Å². The molecule has 0 aliphatic carbocycles. The highest BCUT2D eigenvalue weighted by Crippen LogP contribution is 2.27. The minimum Gasteiger partial charge on any atom is -0.504 e. The molecule has 0 unspecified atom stereocenters. The van der Waals surface area contributed by atoms with Crippen molar-refractivity contribution in [2.45, 2.75) is 6.54 Å². The van der Waals surface area contributed by atoms with Crippen LogP contribution in [0, 0.1) is 0 Å². The van der Waals surface area contributed by atoms with Crippen LogP contribution in [0.2, 0.25) is 0 Å². The predicted octanol–water partition coefficient (Wildman–Crippen LogP) is 1.60. The number of hydrogen-bond acceptors (Lipinski definition) is 3. The highest BCUT2D eigenvalue weighted by Gasteiger charge is 2.05. The number of phenols is 1. The van der Waals surface area contributed by atoms with E-state index >= 15 is 0 Å². The molecule has 62 valence electrons. The summed E-state index contributed by atoms with van der Waals surface area (Å²) < 4.78 is 5.09. The molecule has 0 fully saturated rings. The first kappa shape index (κ1) is 7.18. The molecule has 0 aliphatic rings. The van der Waals surface area contributed by atoms with Crippen LogP contribution >= 0.6 is 0 Å². The first-order valence-electron chi connectivity index (χ1n) is 3.71. The number of aromatic hydroxyl groups is 1. The van der Waals surface area contributed by atoms with E-state index in [4.69, 9.17) is 10.2 Å². The number of fused-ring (bicyclic) bond motifs is 1. The zero-order valence-electron chi connectivity index (χ0n) is 6.45. The van der Waals surface area contributed by atoms with Gasteiger partial charge in [0.15, 0.2) is 11.3 Å². The molecular weight excluding hydrogens is 154 g/mol. The summed E-state index contributed by atoms with van der Waals surface area (Å²) in [6, 6.07) is 5.19. The van der Waals surface area contributed by atoms with Crippen molar-refractivity contribution in [3.05, 3.63) is 30.0 Å². The van der Waals surface area contributed by atoms with Gasteiger partial charge in [-0.05, 0) is 17.7 Å². The summed E-state index contributed by atoms with van der Waals surface area (Å²) in [6.07, 6.45) is 1.55. The monoisotopic (exact) mass is 163 g/mol. The minimum absolute atomic E-state index is 0.159. The van der Waals surface area contributed by atoms with Crippen LogP contribution in [-0.4, -0.2) is 5.11 Å². The van der Waals surface area contributed by atoms with Gasteiger partial charge < -0.3 is 15.3 Å². The maximum Gasteiger partial charge on any atom is 0.175 e. The van der Waals surface area contributed by atoms with E-state index in [1.165, 1.54) is 0 Å². The number of furan rings is 1. The normalized spacial score (nSPS) is 10.8. The smallest absolute Gasteiger partial charge is 0.175 e. The average molecular weight is 163 g/mol. The van der Waals surface area contributed by atoms with Gasteiger partial charge in [0.1, 0.15) is 0 Å². The molecule has 3 N–H and O–H groups in total. The summed E-state index contributed by atoms with van der Waals surface area (Å²) in [4.78, 5) is 0. The van der Waals surface area contributed by atoms with Gasteiger partial charge >= 0.3 is 0 Å². The fourth-order valence-electron chi connectivity index (χ4n) is 1.28. The van der Waals surface area contributed by atoms with Crippen molar-refractivity contribution in [1.82, 2.24) is 0 Å². The van der Waals surface area contributed by atoms with Gasteiger partial charge in [-0.3, -0.25) is 0 Å². The predicted molar refractivity (Wildman–Crippen MR) is 45.8 cm³/mol. The minimum atomic E-state index is 0.159. The van der Waals surface area contributed by atoms with Crippen molar-refractivity contribution in [3.8, 4) is 5.75 Å². The van der Waals surface area contributed by atoms with Crippen LogP contribution in [0.5, 0.6) is 5.75 Å². The lowest BCUT2D eigenvalue weighted by molar-refractivity contribution is 0.465. The number of rotatable bonds is 1. The molecule has 0 radical (unpaired) electrons. The third-order valence-electron chi connectivity index (χ3n) is 1.91. The molecule has 0 bridgehead atoms. The van der Waals surface area contributed by atoms with E-state index in [-0.39, 0.29) is 5.75 Å². The Morgan fingerprint density at radius 1 is 1.33 bits per heavy atom. The maximum absolute atomic E-state index is 9.35. The number of nitrogens with two attached hydrogens (primary N) is 1. The number of benzene rings is 1. The first-order valence-corrected chi connectivity index (χ1v) is 3.71. The van der Waals surface area contributed by atoms with Gasteiger partial charge in [-0.1, -0.05) is 6.07 Å². The first-order chi connectivity index (χ1) is 5.83. The Morgan fingerprint density at radius 3 is 2.92 bits per heavy atom. The van der Waals surface area contributed by atoms with Crippen LogP contribution in [0.15, 0.2) is 28.9 Å². The maximum atomic E-state index is 9.35. The van der Waals surface area contributed by atoms with E-state index in [2.05, 4.69) is 0 Å². The van der Waals surface area contributed by atoms with Gasteiger partial charge in [0.05, 0.1) is 6.26 Å². The Balaban J connectivity index is 2.82. The quantitative estimate of drug-likeness (QED) is 0.671. The third kappa shape index (κ3) is 0.871. The van der Waals surface area contributed by atoms with Gasteiger partial charge in [0, 0.05) is 11.9 Å². The zero-order chi connectivity index (χ0) is 8.55. The topological polar surface area (TPSA) is 59.4 Å². The van der Waals surface area contributed by atoms with Crippen LogP contribution < -0.4 is 5.73 Å². The molecule has 2 rings (SSSR count). The summed E-state index contributed by atoms with van der Waals surface area (Å²) in [5.74, 6) is 0.159. The average Bonchev–Trinajstić information content (AvgIpc) is 2.54. The second kappa shape index (κ2) is 2.53. The van der Waals surface area contributed by atoms with Crippen molar-refractivity contribution < 1.29 is 9.52 Å². The molecule has 0 saturated carbocycles. The van der Waals surface area contributed by atoms with Crippen LogP contribution in [0.1, 0.15) is 5.56 Å². The molecule has 0 atom stereocenters. The van der Waals surface area contributed by atoms with E-state index in [1.54, 1.807) is 24.5 Å². The van der Waals surface area contributed by atoms with Crippen LogP contribution in [-0.2, 0) is 6.54 Å². The van der Waals surface area contributed by atoms with Gasteiger partial charge in [-0.25, -0.2) is 0 Å². The lowest BCUT2D eigenvalue weighted by atomic mass is 10.1. The van der Waals surface area contributed by atoms with E-state index in [1.807, 2.05) is 0 Å². The van der Waals surface area contributed by atoms with Gasteiger partial charge in [0.2, 0.25) is 0 Å². The molecular formula is C9H9NO2. The SMILES string of the molecule is NCc1ccc(O)c2occc12. The Labute approximate surface area is 69.4 Å². The highest BCUT2D eigenvalue weighted by atomic mass is 16.3. The van der Waals surface area contributed by atoms with E-state index < -0.39 is 0 Å². The van der Waals surface area contributed by atoms with Crippen LogP contribution in [0.3, 0.4) is 0 Å². The lowest BCUT2D eigenvalue weighted by Gasteiger charge is -1.98. The molecule has 1 aromatic heterocycles. The fourth-order valence-corrected chi connectivity index (χ4v) is 1.28. The van der Waals surface area contributed by atoms with Crippen LogP contribution in [0.25, 0.3) is 11.0 Å². The Morgan fingerprint density at radius 2 is 2.17 bits per heavy atom. The highest BCUT2D eigenvalue weighted by molar-refractivity contribution is 5.85. The van der Waals surface area contributed by atoms with E-state index in [0.717, 1.165) is 10.9 Å². The Bertz CT molecular complexity index is 406. The summed E-state index contributed by atoms with van der Waals surface area (Å²) >= 11 is 0.